The second-order valence-electron chi connectivity index (χ2n) is 13.1. The monoisotopic (exact) mass is 665 g/mol. The predicted octanol–water partition coefficient (Wildman–Crippen LogP) is 3.57. The maximum Gasteiger partial charge on any atom is 0.247 e. The molecule has 258 valence electrons. The van der Waals surface area contributed by atoms with Gasteiger partial charge in [-0.2, -0.15) is 0 Å². The number of nitrogens with zero attached hydrogens (tertiary/aromatic N) is 2. The smallest absolute Gasteiger partial charge is 0.247 e. The predicted molar refractivity (Wildman–Crippen MR) is 189 cm³/mol. The van der Waals surface area contributed by atoms with E-state index in [1.807, 2.05) is 106 Å². The summed E-state index contributed by atoms with van der Waals surface area (Å²) >= 11 is 0. The topological polar surface area (TPSA) is 120 Å². The molecule has 3 aliphatic heterocycles. The quantitative estimate of drug-likeness (QED) is 0.305. The summed E-state index contributed by atoms with van der Waals surface area (Å²) in [7, 11) is 3.69. The molecule has 1 saturated heterocycles. The summed E-state index contributed by atoms with van der Waals surface area (Å²) in [5.41, 5.74) is 2.75. The number of likely N-dealkylation sites (N-methyl/N-ethyl adjacent to an activating group) is 1. The zero-order valence-electron chi connectivity index (χ0n) is 28.7. The van der Waals surface area contributed by atoms with Gasteiger partial charge in [-0.25, -0.2) is 0 Å². The Bertz CT molecular complexity index is 1610. The number of amides is 4. The van der Waals surface area contributed by atoms with Crippen LogP contribution in [0.15, 0.2) is 91.1 Å². The van der Waals surface area contributed by atoms with Gasteiger partial charge in [0.15, 0.2) is 0 Å². The minimum Gasteiger partial charge on any atom is -0.488 e. The van der Waals surface area contributed by atoms with Crippen molar-refractivity contribution in [2.24, 2.45) is 5.92 Å². The molecule has 0 spiro atoms. The van der Waals surface area contributed by atoms with Crippen molar-refractivity contribution in [1.29, 1.82) is 0 Å². The molecule has 3 aliphatic rings. The molecule has 3 aromatic rings. The van der Waals surface area contributed by atoms with Crippen LogP contribution in [0.4, 0.5) is 0 Å². The van der Waals surface area contributed by atoms with Crippen LogP contribution in [0.2, 0.25) is 0 Å². The van der Waals surface area contributed by atoms with Gasteiger partial charge in [0.1, 0.15) is 30.0 Å². The van der Waals surface area contributed by atoms with E-state index in [-0.39, 0.29) is 36.6 Å². The lowest BCUT2D eigenvalue weighted by Gasteiger charge is -2.34. The normalized spacial score (nSPS) is 21.1. The molecule has 6 atom stereocenters. The number of nitrogens with one attached hydrogen (secondary N) is 3. The molecular weight excluding hydrogens is 618 g/mol. The van der Waals surface area contributed by atoms with E-state index in [9.17, 15) is 19.2 Å². The van der Waals surface area contributed by atoms with Gasteiger partial charge in [-0.05, 0) is 61.3 Å². The second-order valence-corrected chi connectivity index (χ2v) is 13.1. The lowest BCUT2D eigenvalue weighted by atomic mass is 9.96. The Morgan fingerprint density at radius 3 is 2.22 bits per heavy atom. The molecule has 0 saturated carbocycles. The lowest BCUT2D eigenvalue weighted by molar-refractivity contribution is -0.145. The zero-order valence-corrected chi connectivity index (χ0v) is 28.7. The molecule has 4 amide bonds. The van der Waals surface area contributed by atoms with E-state index in [0.717, 1.165) is 16.7 Å². The molecule has 3 N–H and O–H groups in total. The van der Waals surface area contributed by atoms with E-state index in [4.69, 9.17) is 4.74 Å². The first-order valence-electron chi connectivity index (χ1n) is 17.0. The highest BCUT2D eigenvalue weighted by Gasteiger charge is 2.47. The van der Waals surface area contributed by atoms with Gasteiger partial charge >= 0.3 is 0 Å². The first-order chi connectivity index (χ1) is 23.6. The Morgan fingerprint density at radius 2 is 1.59 bits per heavy atom. The Morgan fingerprint density at radius 1 is 0.939 bits per heavy atom. The van der Waals surface area contributed by atoms with E-state index in [2.05, 4.69) is 16.0 Å². The fraction of sp³-hybridized carbons (Fsp3) is 0.385. The van der Waals surface area contributed by atoms with Crippen LogP contribution in [0, 0.1) is 5.92 Å². The van der Waals surface area contributed by atoms with Gasteiger partial charge in [-0.15, -0.1) is 0 Å². The number of carbonyl (C=O) groups excluding carboxylic acids is 4. The Kier molecular flexibility index (Phi) is 11.9. The summed E-state index contributed by atoms with van der Waals surface area (Å²) in [6.45, 7) is 4.15. The van der Waals surface area contributed by atoms with Crippen LogP contribution in [-0.4, -0.2) is 84.3 Å². The van der Waals surface area contributed by atoms with Crippen LogP contribution in [0.3, 0.4) is 0 Å². The SMILES string of the molecule is CC[C@H](C)[C@@H](NC(=O)[C@H](Cc1ccccc1)N(C)C)C(=O)N1CC[C@H]2Oc3ccc(cc3)C=CNC(=O)[C@H](Cc3ccccc3)NC(=O)[C@@H]21. The molecule has 0 aliphatic carbocycles. The second kappa shape index (κ2) is 16.4. The van der Waals surface area contributed by atoms with Gasteiger partial charge in [-0.3, -0.25) is 24.1 Å². The van der Waals surface area contributed by atoms with Gasteiger partial charge in [0.2, 0.25) is 23.6 Å². The average molecular weight is 666 g/mol. The van der Waals surface area contributed by atoms with Gasteiger partial charge in [0.05, 0.1) is 6.04 Å². The van der Waals surface area contributed by atoms with Crippen molar-refractivity contribution in [3.8, 4) is 5.75 Å². The van der Waals surface area contributed by atoms with Gasteiger partial charge in [0, 0.05) is 25.6 Å². The van der Waals surface area contributed by atoms with Crippen molar-refractivity contribution in [2.45, 2.75) is 69.8 Å². The number of ether oxygens (including phenoxy) is 1. The van der Waals surface area contributed by atoms with Crippen LogP contribution in [-0.2, 0) is 32.0 Å². The van der Waals surface area contributed by atoms with Crippen molar-refractivity contribution in [3.05, 3.63) is 108 Å². The maximum absolute atomic E-state index is 14.5. The first kappa shape index (κ1) is 35.3. The number of hydrogen-bond acceptors (Lipinski definition) is 6. The van der Waals surface area contributed by atoms with Crippen LogP contribution < -0.4 is 20.7 Å². The molecule has 10 nitrogen and oxygen atoms in total. The van der Waals surface area contributed by atoms with Crippen LogP contribution in [0.25, 0.3) is 6.08 Å². The Balaban J connectivity index is 1.44. The molecular formula is C39H47N5O5. The summed E-state index contributed by atoms with van der Waals surface area (Å²) in [5, 5.41) is 8.83. The Labute approximate surface area is 288 Å². The minimum atomic E-state index is -1.03. The van der Waals surface area contributed by atoms with Gasteiger partial charge in [-0.1, -0.05) is 93.1 Å². The van der Waals surface area contributed by atoms with E-state index in [0.29, 0.717) is 25.0 Å². The number of hydrogen-bond donors (Lipinski definition) is 3. The molecule has 1 fully saturated rings. The van der Waals surface area contributed by atoms with Crippen molar-refractivity contribution < 1.29 is 23.9 Å². The van der Waals surface area contributed by atoms with Crippen LogP contribution in [0.1, 0.15) is 43.4 Å². The molecule has 2 bridgehead atoms. The third-order valence-corrected chi connectivity index (χ3v) is 9.45. The van der Waals surface area contributed by atoms with Gasteiger partial charge in [0.25, 0.3) is 0 Å². The zero-order chi connectivity index (χ0) is 34.9. The van der Waals surface area contributed by atoms with Crippen molar-refractivity contribution in [3.63, 3.8) is 0 Å². The number of rotatable bonds is 10. The van der Waals surface area contributed by atoms with E-state index in [1.54, 1.807) is 24.4 Å². The number of carbonyl (C=O) groups is 4. The summed E-state index contributed by atoms with van der Waals surface area (Å²) in [5.74, 6) is -1.13. The van der Waals surface area contributed by atoms with Crippen LogP contribution in [0.5, 0.6) is 5.75 Å². The summed E-state index contributed by atoms with van der Waals surface area (Å²) in [6, 6.07) is 23.2. The fourth-order valence-corrected chi connectivity index (χ4v) is 6.37. The maximum atomic E-state index is 14.5. The largest absolute Gasteiger partial charge is 0.488 e. The van der Waals surface area contributed by atoms with Crippen molar-refractivity contribution in [1.82, 2.24) is 25.8 Å². The fourth-order valence-electron chi connectivity index (χ4n) is 6.37. The third-order valence-electron chi connectivity index (χ3n) is 9.45. The lowest BCUT2D eigenvalue weighted by Crippen LogP contribution is -2.61. The van der Waals surface area contributed by atoms with Crippen molar-refractivity contribution in [2.75, 3.05) is 20.6 Å². The molecule has 3 aromatic carbocycles. The number of benzene rings is 3. The van der Waals surface area contributed by atoms with Gasteiger partial charge < -0.3 is 25.6 Å². The van der Waals surface area contributed by atoms with Crippen LogP contribution >= 0.6 is 0 Å². The highest BCUT2D eigenvalue weighted by molar-refractivity contribution is 5.96. The van der Waals surface area contributed by atoms with E-state index >= 15 is 0 Å². The summed E-state index contributed by atoms with van der Waals surface area (Å²) < 4.78 is 6.38. The first-order valence-corrected chi connectivity index (χ1v) is 17.0. The summed E-state index contributed by atoms with van der Waals surface area (Å²) in [6.07, 6.45) is 4.42. The summed E-state index contributed by atoms with van der Waals surface area (Å²) in [4.78, 5) is 59.5. The molecule has 49 heavy (non-hydrogen) atoms. The highest BCUT2D eigenvalue weighted by atomic mass is 16.5. The van der Waals surface area contributed by atoms with E-state index < -0.39 is 36.2 Å². The van der Waals surface area contributed by atoms with E-state index in [1.165, 1.54) is 4.90 Å². The molecule has 3 heterocycles. The molecule has 6 rings (SSSR count). The highest BCUT2D eigenvalue weighted by Crippen LogP contribution is 2.27. The molecule has 0 unspecified atom stereocenters. The molecule has 0 aromatic heterocycles. The average Bonchev–Trinajstić information content (AvgIpc) is 3.53. The minimum absolute atomic E-state index is 0.214. The molecule has 10 heteroatoms. The third kappa shape index (κ3) is 8.94. The molecule has 0 radical (unpaired) electrons. The Hall–Kier alpha value is -4.96. The number of fused-ring (bicyclic) bond motifs is 7. The standard InChI is InChI=1S/C39H47N5O5/c1-5-26(2)34(42-37(46)32(43(3)4)25-29-14-10-7-11-15-29)39(48)44-23-21-33-35(44)38(47)41-31(24-28-12-8-6-9-13-28)36(45)40-22-20-27-16-18-30(49-33)19-17-27/h6-20,22,26,31-35H,5,21,23-25H2,1-4H3,(H,40,45)(H,41,47)(H,42,46)/t26-,31-,32-,33+,34+,35+/m0/s1. The van der Waals surface area contributed by atoms with Crippen molar-refractivity contribution >= 4 is 29.7 Å². The number of likely N-dealkylation sites (tertiary alicyclic amines) is 1.